The predicted octanol–water partition coefficient (Wildman–Crippen LogP) is -0.248. The average molecular weight is 241 g/mol. The van der Waals surface area contributed by atoms with Crippen molar-refractivity contribution in [1.82, 2.24) is 14.7 Å². The van der Waals surface area contributed by atoms with Gasteiger partial charge in [-0.1, -0.05) is 0 Å². The molecule has 0 heterocycles. The first-order chi connectivity index (χ1) is 7.68. The topological polar surface area (TPSA) is 29.8 Å². The molecule has 0 aliphatic heterocycles. The van der Waals surface area contributed by atoms with E-state index in [2.05, 4.69) is 0 Å². The number of carbonyl (C=O) groups is 1. The van der Waals surface area contributed by atoms with Gasteiger partial charge >= 0.3 is 5.84 Å². The van der Waals surface area contributed by atoms with Crippen LogP contribution in [0.4, 0.5) is 0 Å². The van der Waals surface area contributed by atoms with Crippen LogP contribution in [0.1, 0.15) is 0 Å². The molecule has 0 aromatic heterocycles. The SMILES string of the molecule is CN(C)C(=CC(=O)C(N(C)C)=[N+](C)C)N(C)C. The van der Waals surface area contributed by atoms with Crippen LogP contribution in [0.2, 0.25) is 0 Å². The van der Waals surface area contributed by atoms with Crippen molar-refractivity contribution in [3.63, 3.8) is 0 Å². The maximum Gasteiger partial charge on any atom is 0.319 e. The van der Waals surface area contributed by atoms with Crippen LogP contribution in [0.5, 0.6) is 0 Å². The maximum absolute atomic E-state index is 12.2. The Morgan fingerprint density at radius 1 is 0.882 bits per heavy atom. The molecular weight excluding hydrogens is 216 g/mol. The molecule has 0 saturated heterocycles. The van der Waals surface area contributed by atoms with Gasteiger partial charge in [-0.2, -0.15) is 0 Å². The van der Waals surface area contributed by atoms with Gasteiger partial charge < -0.3 is 9.80 Å². The lowest BCUT2D eigenvalue weighted by molar-refractivity contribution is -0.468. The van der Waals surface area contributed by atoms with E-state index in [0.29, 0.717) is 5.84 Å². The lowest BCUT2D eigenvalue weighted by Gasteiger charge is -2.24. The van der Waals surface area contributed by atoms with Crippen molar-refractivity contribution in [3.05, 3.63) is 11.9 Å². The molecule has 98 valence electrons. The van der Waals surface area contributed by atoms with E-state index in [0.717, 1.165) is 5.82 Å². The van der Waals surface area contributed by atoms with Crippen LogP contribution < -0.4 is 0 Å². The highest BCUT2D eigenvalue weighted by molar-refractivity contribution is 6.41. The third kappa shape index (κ3) is 4.46. The summed E-state index contributed by atoms with van der Waals surface area (Å²) in [5.41, 5.74) is 0. The lowest BCUT2D eigenvalue weighted by atomic mass is 10.3. The zero-order valence-electron chi connectivity index (χ0n) is 12.3. The molecule has 0 bridgehead atoms. The summed E-state index contributed by atoms with van der Waals surface area (Å²) in [5.74, 6) is 1.53. The largest absolute Gasteiger partial charge is 0.364 e. The number of nitrogens with zero attached hydrogens (tertiary/aromatic N) is 4. The molecule has 5 heteroatoms. The summed E-state index contributed by atoms with van der Waals surface area (Å²) in [7, 11) is 15.2. The van der Waals surface area contributed by atoms with Gasteiger partial charge in [0.25, 0.3) is 5.78 Å². The zero-order valence-corrected chi connectivity index (χ0v) is 12.3. The average Bonchev–Trinajstić information content (AvgIpc) is 2.11. The summed E-state index contributed by atoms with van der Waals surface area (Å²) in [6.45, 7) is 0. The van der Waals surface area contributed by atoms with Crippen LogP contribution in [-0.2, 0) is 4.79 Å². The minimum absolute atomic E-state index is 0.00241. The molecule has 17 heavy (non-hydrogen) atoms. The highest BCUT2D eigenvalue weighted by Gasteiger charge is 2.21. The number of amidine groups is 1. The first-order valence-corrected chi connectivity index (χ1v) is 5.50. The molecule has 0 amide bonds. The monoisotopic (exact) mass is 241 g/mol. The maximum atomic E-state index is 12.2. The zero-order chi connectivity index (χ0) is 13.7. The number of ketones is 1. The van der Waals surface area contributed by atoms with Gasteiger partial charge in [0.2, 0.25) is 0 Å². The normalized spacial score (nSPS) is 9.41. The number of hydrogen-bond donors (Lipinski definition) is 0. The standard InChI is InChI=1S/C12H25N4O/c1-13(2)11(14(3)4)9-10(17)12(15(5)6)16(7)8/h9H,1-8H3/q+1. The second kappa shape index (κ2) is 6.27. The number of likely N-dealkylation sites (N-methyl/N-ethyl adjacent to an activating group) is 1. The van der Waals surface area contributed by atoms with Gasteiger partial charge in [0.15, 0.2) is 0 Å². The van der Waals surface area contributed by atoms with Crippen molar-refractivity contribution >= 4 is 11.6 Å². The van der Waals surface area contributed by atoms with E-state index in [9.17, 15) is 4.79 Å². The Kier molecular flexibility index (Phi) is 5.71. The van der Waals surface area contributed by atoms with Gasteiger partial charge in [-0.15, -0.1) is 0 Å². The molecule has 0 atom stereocenters. The van der Waals surface area contributed by atoms with Crippen molar-refractivity contribution in [3.8, 4) is 0 Å². The Hall–Kier alpha value is -1.52. The highest BCUT2D eigenvalue weighted by atomic mass is 16.1. The van der Waals surface area contributed by atoms with Crippen molar-refractivity contribution in [2.45, 2.75) is 0 Å². The third-order valence-electron chi connectivity index (χ3n) is 2.24. The summed E-state index contributed by atoms with van der Waals surface area (Å²) >= 11 is 0. The second-order valence-corrected chi connectivity index (χ2v) is 4.77. The van der Waals surface area contributed by atoms with Crippen LogP contribution in [0.25, 0.3) is 0 Å². The van der Waals surface area contributed by atoms with Gasteiger partial charge in [0.1, 0.15) is 5.82 Å². The van der Waals surface area contributed by atoms with Gasteiger partial charge in [0, 0.05) is 34.3 Å². The molecule has 0 N–H and O–H groups in total. The Labute approximate surface area is 105 Å². The smallest absolute Gasteiger partial charge is 0.319 e. The van der Waals surface area contributed by atoms with Crippen molar-refractivity contribution in [1.29, 1.82) is 0 Å². The molecular formula is C12H25N4O+. The molecule has 0 rings (SSSR count). The molecule has 0 aromatic rings. The summed E-state index contributed by atoms with van der Waals surface area (Å²) in [6, 6.07) is 0. The lowest BCUT2D eigenvalue weighted by Crippen LogP contribution is -2.37. The molecule has 0 aromatic carbocycles. The van der Waals surface area contributed by atoms with Crippen LogP contribution in [0, 0.1) is 0 Å². The molecule has 0 aliphatic carbocycles. The van der Waals surface area contributed by atoms with Crippen LogP contribution >= 0.6 is 0 Å². The van der Waals surface area contributed by atoms with Crippen molar-refractivity contribution in [2.75, 3.05) is 56.4 Å². The molecule has 0 aliphatic rings. The van der Waals surface area contributed by atoms with E-state index in [1.807, 2.05) is 75.7 Å². The fourth-order valence-electron chi connectivity index (χ4n) is 1.68. The Morgan fingerprint density at radius 3 is 1.53 bits per heavy atom. The number of rotatable bonds is 4. The van der Waals surface area contributed by atoms with Crippen LogP contribution in [0.15, 0.2) is 11.9 Å². The van der Waals surface area contributed by atoms with E-state index < -0.39 is 0 Å². The van der Waals surface area contributed by atoms with E-state index in [1.54, 1.807) is 6.08 Å². The molecule has 0 fully saturated rings. The van der Waals surface area contributed by atoms with Crippen LogP contribution in [-0.4, -0.2) is 87.3 Å². The Morgan fingerprint density at radius 2 is 1.29 bits per heavy atom. The van der Waals surface area contributed by atoms with Crippen molar-refractivity contribution < 1.29 is 9.37 Å². The van der Waals surface area contributed by atoms with E-state index in [1.165, 1.54) is 0 Å². The molecule has 0 saturated carbocycles. The second-order valence-electron chi connectivity index (χ2n) is 4.77. The van der Waals surface area contributed by atoms with Crippen LogP contribution in [0.3, 0.4) is 0 Å². The van der Waals surface area contributed by atoms with E-state index in [-0.39, 0.29) is 5.78 Å². The molecule has 0 unspecified atom stereocenters. The first-order valence-electron chi connectivity index (χ1n) is 5.50. The number of hydrogen-bond acceptors (Lipinski definition) is 3. The quantitative estimate of drug-likeness (QED) is 0.294. The van der Waals surface area contributed by atoms with E-state index in [4.69, 9.17) is 0 Å². The summed E-state index contributed by atoms with van der Waals surface area (Å²) in [6.07, 6.45) is 1.65. The Bertz CT molecular complexity index is 326. The Balaban J connectivity index is 5.31. The number of carbonyl (C=O) groups excluding carboxylic acids is 1. The molecule has 5 nitrogen and oxygen atoms in total. The molecule has 0 spiro atoms. The highest BCUT2D eigenvalue weighted by Crippen LogP contribution is 2.02. The van der Waals surface area contributed by atoms with Crippen molar-refractivity contribution in [2.24, 2.45) is 0 Å². The minimum Gasteiger partial charge on any atom is -0.364 e. The predicted molar refractivity (Wildman–Crippen MR) is 71.3 cm³/mol. The summed E-state index contributed by atoms with van der Waals surface area (Å²) in [4.78, 5) is 17.9. The van der Waals surface area contributed by atoms with Gasteiger partial charge in [0.05, 0.1) is 28.2 Å². The van der Waals surface area contributed by atoms with Gasteiger partial charge in [-0.3, -0.25) is 14.3 Å². The summed E-state index contributed by atoms with van der Waals surface area (Å²) in [5, 5.41) is 0. The third-order valence-corrected chi connectivity index (χ3v) is 2.24. The molecule has 0 radical (unpaired) electrons. The summed E-state index contributed by atoms with van der Waals surface area (Å²) < 4.78 is 1.82. The van der Waals surface area contributed by atoms with E-state index >= 15 is 0 Å². The fraction of sp³-hybridized carbons (Fsp3) is 0.667. The fourth-order valence-corrected chi connectivity index (χ4v) is 1.68. The van der Waals surface area contributed by atoms with Gasteiger partial charge in [-0.25, -0.2) is 0 Å². The first kappa shape index (κ1) is 15.5. The minimum atomic E-state index is -0.00241. The van der Waals surface area contributed by atoms with Gasteiger partial charge in [-0.05, 0) is 0 Å².